The maximum Gasteiger partial charge on any atom is 0.236 e. The molecule has 0 aromatic carbocycles. The third-order valence-corrected chi connectivity index (χ3v) is 5.40. The highest BCUT2D eigenvalue weighted by Gasteiger charge is 2.30. The molecule has 17 heavy (non-hydrogen) atoms. The summed E-state index contributed by atoms with van der Waals surface area (Å²) >= 11 is 0. The van der Waals surface area contributed by atoms with E-state index in [1.807, 2.05) is 16.7 Å². The van der Waals surface area contributed by atoms with Crippen LogP contribution in [0.25, 0.3) is 0 Å². The van der Waals surface area contributed by atoms with Crippen molar-refractivity contribution in [2.45, 2.75) is 25.8 Å². The van der Waals surface area contributed by atoms with Crippen molar-refractivity contribution in [3.8, 4) is 0 Å². The van der Waals surface area contributed by atoms with Gasteiger partial charge in [0, 0.05) is 25.7 Å². The molecule has 0 N–H and O–H groups in total. The number of nitrogens with zero attached hydrogens (tertiary/aromatic N) is 2. The van der Waals surface area contributed by atoms with Gasteiger partial charge >= 0.3 is 0 Å². The smallest absolute Gasteiger partial charge is 0.236 e. The zero-order valence-electron chi connectivity index (χ0n) is 10.3. The topological polar surface area (TPSA) is 57.7 Å². The maximum absolute atomic E-state index is 12.0. The summed E-state index contributed by atoms with van der Waals surface area (Å²) in [6.45, 7) is 4.46. The molecule has 1 atom stereocenters. The predicted molar refractivity (Wildman–Crippen MR) is 65.5 cm³/mol. The Morgan fingerprint density at radius 1 is 1.24 bits per heavy atom. The van der Waals surface area contributed by atoms with Gasteiger partial charge in [-0.05, 0) is 19.8 Å². The molecular weight excluding hydrogens is 240 g/mol. The van der Waals surface area contributed by atoms with E-state index in [0.717, 1.165) is 25.9 Å². The molecular formula is C11H20N2O3S. The van der Waals surface area contributed by atoms with Crippen molar-refractivity contribution in [1.82, 2.24) is 9.80 Å². The SMILES string of the molecule is C[C@@H]1CS(=O)(=O)CCN1CC(=O)N1CCCC1. The zero-order chi connectivity index (χ0) is 12.5. The van der Waals surface area contributed by atoms with Crippen LogP contribution in [-0.2, 0) is 14.6 Å². The predicted octanol–water partition coefficient (Wildman–Crippen LogP) is -0.272. The van der Waals surface area contributed by atoms with Gasteiger partial charge in [-0.25, -0.2) is 8.42 Å². The minimum Gasteiger partial charge on any atom is -0.342 e. The molecule has 0 unspecified atom stereocenters. The molecule has 0 bridgehead atoms. The number of hydrogen-bond acceptors (Lipinski definition) is 4. The van der Waals surface area contributed by atoms with Crippen molar-refractivity contribution in [3.05, 3.63) is 0 Å². The van der Waals surface area contributed by atoms with Crippen molar-refractivity contribution in [2.75, 3.05) is 37.7 Å². The van der Waals surface area contributed by atoms with Gasteiger partial charge < -0.3 is 4.90 Å². The summed E-state index contributed by atoms with van der Waals surface area (Å²) < 4.78 is 22.9. The Bertz CT molecular complexity index is 388. The van der Waals surface area contributed by atoms with Gasteiger partial charge in [0.2, 0.25) is 5.91 Å². The summed E-state index contributed by atoms with van der Waals surface area (Å²) in [5, 5.41) is 0. The van der Waals surface area contributed by atoms with Crippen molar-refractivity contribution in [1.29, 1.82) is 0 Å². The first-order valence-electron chi connectivity index (χ1n) is 6.20. The third kappa shape index (κ3) is 3.19. The Hall–Kier alpha value is -0.620. The molecule has 5 nitrogen and oxygen atoms in total. The summed E-state index contributed by atoms with van der Waals surface area (Å²) in [5.41, 5.74) is 0. The molecule has 0 radical (unpaired) electrons. The normalized spacial score (nSPS) is 29.5. The zero-order valence-corrected chi connectivity index (χ0v) is 11.1. The van der Waals surface area contributed by atoms with Gasteiger partial charge in [0.15, 0.2) is 9.84 Å². The number of carbonyl (C=O) groups excluding carboxylic acids is 1. The van der Waals surface area contributed by atoms with Crippen LogP contribution in [0.4, 0.5) is 0 Å². The van der Waals surface area contributed by atoms with E-state index in [1.54, 1.807) is 0 Å². The summed E-state index contributed by atoms with van der Waals surface area (Å²) in [6, 6.07) is -0.0414. The molecule has 2 aliphatic heterocycles. The van der Waals surface area contributed by atoms with Gasteiger partial charge in [-0.3, -0.25) is 9.69 Å². The fourth-order valence-corrected chi connectivity index (χ4v) is 4.13. The van der Waals surface area contributed by atoms with Crippen LogP contribution in [0.5, 0.6) is 0 Å². The van der Waals surface area contributed by atoms with Crippen molar-refractivity contribution in [3.63, 3.8) is 0 Å². The molecule has 6 heteroatoms. The largest absolute Gasteiger partial charge is 0.342 e. The molecule has 1 amide bonds. The monoisotopic (exact) mass is 260 g/mol. The second-order valence-electron chi connectivity index (χ2n) is 5.02. The number of likely N-dealkylation sites (tertiary alicyclic amines) is 1. The molecule has 0 aromatic heterocycles. The lowest BCUT2D eigenvalue weighted by Gasteiger charge is -2.33. The molecule has 0 aromatic rings. The van der Waals surface area contributed by atoms with E-state index in [2.05, 4.69) is 0 Å². The summed E-state index contributed by atoms with van der Waals surface area (Å²) in [7, 11) is -2.89. The van der Waals surface area contributed by atoms with Crippen LogP contribution in [0.2, 0.25) is 0 Å². The average molecular weight is 260 g/mol. The quantitative estimate of drug-likeness (QED) is 0.686. The minimum atomic E-state index is -2.89. The van der Waals surface area contributed by atoms with Crippen LogP contribution in [0.1, 0.15) is 19.8 Å². The second kappa shape index (κ2) is 4.94. The Kier molecular flexibility index (Phi) is 3.73. The molecule has 2 heterocycles. The second-order valence-corrected chi connectivity index (χ2v) is 7.25. The number of amides is 1. The fourth-order valence-electron chi connectivity index (χ4n) is 2.51. The lowest BCUT2D eigenvalue weighted by molar-refractivity contribution is -0.131. The molecule has 0 aliphatic carbocycles. The van der Waals surface area contributed by atoms with E-state index >= 15 is 0 Å². The van der Waals surface area contributed by atoms with Gasteiger partial charge in [-0.1, -0.05) is 0 Å². The van der Waals surface area contributed by atoms with E-state index in [0.29, 0.717) is 13.1 Å². The first-order chi connectivity index (χ1) is 7.98. The van der Waals surface area contributed by atoms with Gasteiger partial charge in [-0.2, -0.15) is 0 Å². The van der Waals surface area contributed by atoms with Crippen LogP contribution in [0.15, 0.2) is 0 Å². The summed E-state index contributed by atoms with van der Waals surface area (Å²) in [4.78, 5) is 15.8. The van der Waals surface area contributed by atoms with E-state index < -0.39 is 9.84 Å². The highest BCUT2D eigenvalue weighted by atomic mass is 32.2. The average Bonchev–Trinajstić information content (AvgIpc) is 2.74. The van der Waals surface area contributed by atoms with Crippen molar-refractivity contribution >= 4 is 15.7 Å². The van der Waals surface area contributed by atoms with Gasteiger partial charge in [0.1, 0.15) is 0 Å². The summed E-state index contributed by atoms with van der Waals surface area (Å²) in [5.74, 6) is 0.513. The molecule has 2 saturated heterocycles. The molecule has 0 spiro atoms. The van der Waals surface area contributed by atoms with Crippen molar-refractivity contribution < 1.29 is 13.2 Å². The number of sulfone groups is 1. The Morgan fingerprint density at radius 2 is 1.88 bits per heavy atom. The van der Waals surface area contributed by atoms with E-state index in [9.17, 15) is 13.2 Å². The highest BCUT2D eigenvalue weighted by Crippen LogP contribution is 2.13. The van der Waals surface area contributed by atoms with Crippen LogP contribution in [0.3, 0.4) is 0 Å². The molecule has 98 valence electrons. The van der Waals surface area contributed by atoms with Crippen LogP contribution < -0.4 is 0 Å². The molecule has 2 rings (SSSR count). The minimum absolute atomic E-state index is 0.0414. The van der Waals surface area contributed by atoms with Gasteiger partial charge in [0.25, 0.3) is 0 Å². The van der Waals surface area contributed by atoms with E-state index in [-0.39, 0.29) is 23.5 Å². The maximum atomic E-state index is 12.0. The fraction of sp³-hybridized carbons (Fsp3) is 0.909. The standard InChI is InChI=1S/C11H20N2O3S/c1-10-9-17(15,16)7-6-13(10)8-11(14)12-4-2-3-5-12/h10H,2-9H2,1H3/t10-/m1/s1. The number of carbonyl (C=O) groups is 1. The van der Waals surface area contributed by atoms with Crippen molar-refractivity contribution in [2.24, 2.45) is 0 Å². The van der Waals surface area contributed by atoms with Crippen LogP contribution in [-0.4, -0.2) is 67.9 Å². The molecule has 0 saturated carbocycles. The number of hydrogen-bond donors (Lipinski definition) is 0. The van der Waals surface area contributed by atoms with Gasteiger partial charge in [-0.15, -0.1) is 0 Å². The third-order valence-electron chi connectivity index (χ3n) is 3.61. The Labute approximate surface area is 103 Å². The summed E-state index contributed by atoms with van der Waals surface area (Å²) in [6.07, 6.45) is 2.19. The van der Waals surface area contributed by atoms with E-state index in [4.69, 9.17) is 0 Å². The van der Waals surface area contributed by atoms with Crippen LogP contribution >= 0.6 is 0 Å². The first kappa shape index (κ1) is 12.8. The van der Waals surface area contributed by atoms with Crippen LogP contribution in [0, 0.1) is 0 Å². The lowest BCUT2D eigenvalue weighted by Crippen LogP contribution is -2.50. The highest BCUT2D eigenvalue weighted by molar-refractivity contribution is 7.91. The first-order valence-corrected chi connectivity index (χ1v) is 8.02. The number of rotatable bonds is 2. The molecule has 2 fully saturated rings. The lowest BCUT2D eigenvalue weighted by atomic mass is 10.3. The van der Waals surface area contributed by atoms with E-state index in [1.165, 1.54) is 0 Å². The Balaban J connectivity index is 1.89. The van der Waals surface area contributed by atoms with Gasteiger partial charge in [0.05, 0.1) is 18.1 Å². The molecule has 2 aliphatic rings. The Morgan fingerprint density at radius 3 is 2.47 bits per heavy atom.